The van der Waals surface area contributed by atoms with Crippen molar-refractivity contribution in [3.63, 3.8) is 0 Å². The molecule has 2 heterocycles. The van der Waals surface area contributed by atoms with E-state index in [2.05, 4.69) is 4.98 Å². The van der Waals surface area contributed by atoms with E-state index in [1.54, 1.807) is 6.07 Å². The number of benzene rings is 1. The lowest BCUT2D eigenvalue weighted by molar-refractivity contribution is -0.282. The molecule has 22 heavy (non-hydrogen) atoms. The van der Waals surface area contributed by atoms with Crippen LogP contribution in [0.5, 0.6) is 5.88 Å². The lowest BCUT2D eigenvalue weighted by Crippen LogP contribution is -2.61. The van der Waals surface area contributed by atoms with Crippen molar-refractivity contribution in [3.05, 3.63) is 30.3 Å². The molecule has 1 aromatic carbocycles. The number of aromatic nitrogens is 1. The summed E-state index contributed by atoms with van der Waals surface area (Å²) in [7, 11) is 0. The Labute approximate surface area is 130 Å². The van der Waals surface area contributed by atoms with Gasteiger partial charge in [0, 0.05) is 17.0 Å². The number of hydrogen-bond donors (Lipinski definition) is 5. The number of H-pyrrole nitrogens is 1. The second kappa shape index (κ2) is 6.04. The molecule has 6 atom stereocenters. The van der Waals surface area contributed by atoms with Crippen LogP contribution in [0.15, 0.2) is 30.3 Å². The van der Waals surface area contributed by atoms with Crippen molar-refractivity contribution in [2.75, 3.05) is 0 Å². The van der Waals surface area contributed by atoms with Gasteiger partial charge in [-0.05, 0) is 6.07 Å². The second-order valence-corrected chi connectivity index (χ2v) is 5.60. The summed E-state index contributed by atoms with van der Waals surface area (Å²) in [6.07, 6.45) is -7.14. The molecule has 0 spiro atoms. The molecule has 0 saturated carbocycles. The highest BCUT2D eigenvalue weighted by Gasteiger charge is 2.47. The van der Waals surface area contributed by atoms with Crippen molar-refractivity contribution in [2.24, 2.45) is 0 Å². The highest BCUT2D eigenvalue weighted by atomic mass is 35.5. The molecular formula is C14H16ClNO6. The smallest absolute Gasteiger partial charge is 0.231 e. The molecule has 1 aliphatic heterocycles. The number of ether oxygens (including phenoxy) is 2. The number of alkyl halides is 1. The minimum atomic E-state index is -1.55. The summed E-state index contributed by atoms with van der Waals surface area (Å²) in [6, 6.07) is 9.15. The molecule has 120 valence electrons. The Hall–Kier alpha value is -1.35. The molecule has 1 saturated heterocycles. The summed E-state index contributed by atoms with van der Waals surface area (Å²) in [5.74, 6) is 0.316. The number of aromatic amines is 1. The van der Waals surface area contributed by atoms with Gasteiger partial charge in [-0.2, -0.15) is 0 Å². The highest BCUT2D eigenvalue weighted by molar-refractivity contribution is 6.19. The van der Waals surface area contributed by atoms with E-state index in [-0.39, 0.29) is 0 Å². The van der Waals surface area contributed by atoms with Gasteiger partial charge in [0.15, 0.2) is 11.4 Å². The molecule has 3 rings (SSSR count). The molecule has 1 fully saturated rings. The van der Waals surface area contributed by atoms with Crippen molar-refractivity contribution >= 4 is 22.5 Å². The Morgan fingerprint density at radius 3 is 2.55 bits per heavy atom. The van der Waals surface area contributed by atoms with Crippen molar-refractivity contribution in [2.45, 2.75) is 36.3 Å². The molecule has 0 amide bonds. The maximum atomic E-state index is 9.95. The standard InChI is InChI=1S/C14H16ClNO6/c15-13(20)12-10(18)9(17)11(19)14(22-12)21-8-5-6-3-1-2-4-7(6)16-8/h1-5,9-14,16-20H/t9-,10+,11+,12-,13+,14-/m0/s1. The first-order valence-electron chi connectivity index (χ1n) is 6.73. The van der Waals surface area contributed by atoms with Gasteiger partial charge in [-0.25, -0.2) is 0 Å². The number of nitrogens with one attached hydrogen (secondary N) is 1. The fourth-order valence-electron chi connectivity index (χ4n) is 2.43. The lowest BCUT2D eigenvalue weighted by atomic mass is 9.99. The van der Waals surface area contributed by atoms with Crippen molar-refractivity contribution in [3.8, 4) is 5.88 Å². The van der Waals surface area contributed by atoms with Crippen LogP contribution in [-0.4, -0.2) is 61.7 Å². The molecule has 1 aliphatic rings. The number of aliphatic hydroxyl groups is 4. The van der Waals surface area contributed by atoms with Gasteiger partial charge in [0.05, 0.1) is 0 Å². The number of hydrogen-bond acceptors (Lipinski definition) is 6. The van der Waals surface area contributed by atoms with E-state index in [9.17, 15) is 20.4 Å². The van der Waals surface area contributed by atoms with E-state index in [0.717, 1.165) is 10.9 Å². The van der Waals surface area contributed by atoms with E-state index >= 15 is 0 Å². The molecule has 5 N–H and O–H groups in total. The fourth-order valence-corrected chi connectivity index (χ4v) is 2.64. The third kappa shape index (κ3) is 2.79. The zero-order chi connectivity index (χ0) is 15.9. The molecule has 0 aliphatic carbocycles. The maximum absolute atomic E-state index is 9.95. The van der Waals surface area contributed by atoms with Crippen molar-refractivity contribution < 1.29 is 29.9 Å². The van der Waals surface area contributed by atoms with Crippen LogP contribution >= 0.6 is 11.6 Å². The van der Waals surface area contributed by atoms with E-state index in [1.165, 1.54) is 0 Å². The van der Waals surface area contributed by atoms with Gasteiger partial charge in [0.2, 0.25) is 6.29 Å². The van der Waals surface area contributed by atoms with Gasteiger partial charge in [-0.3, -0.25) is 0 Å². The van der Waals surface area contributed by atoms with E-state index < -0.39 is 36.3 Å². The number of aliphatic hydroxyl groups excluding tert-OH is 4. The normalized spacial score (nSPS) is 33.8. The molecule has 0 radical (unpaired) electrons. The average molecular weight is 330 g/mol. The Bertz CT molecular complexity index is 614. The predicted molar refractivity (Wildman–Crippen MR) is 77.5 cm³/mol. The van der Waals surface area contributed by atoms with Crippen LogP contribution in [0.2, 0.25) is 0 Å². The minimum Gasteiger partial charge on any atom is -0.447 e. The van der Waals surface area contributed by atoms with Gasteiger partial charge in [-0.1, -0.05) is 29.8 Å². The number of halogens is 1. The van der Waals surface area contributed by atoms with E-state index in [4.69, 9.17) is 21.1 Å². The summed E-state index contributed by atoms with van der Waals surface area (Å²) in [5, 5.41) is 39.8. The van der Waals surface area contributed by atoms with E-state index in [0.29, 0.717) is 5.88 Å². The van der Waals surface area contributed by atoms with Crippen LogP contribution in [0.25, 0.3) is 10.9 Å². The van der Waals surface area contributed by atoms with Gasteiger partial charge < -0.3 is 34.9 Å². The quantitative estimate of drug-likeness (QED) is 0.503. The monoisotopic (exact) mass is 329 g/mol. The molecule has 1 aromatic heterocycles. The summed E-state index contributed by atoms with van der Waals surface area (Å²) < 4.78 is 10.7. The topological polar surface area (TPSA) is 115 Å². The van der Waals surface area contributed by atoms with Crippen molar-refractivity contribution in [1.29, 1.82) is 0 Å². The van der Waals surface area contributed by atoms with Crippen molar-refractivity contribution in [1.82, 2.24) is 4.98 Å². The van der Waals surface area contributed by atoms with Crippen LogP contribution in [-0.2, 0) is 4.74 Å². The van der Waals surface area contributed by atoms with Crippen LogP contribution in [0.3, 0.4) is 0 Å². The maximum Gasteiger partial charge on any atom is 0.231 e. The predicted octanol–water partition coefficient (Wildman–Crippen LogP) is -0.0885. The zero-order valence-electron chi connectivity index (χ0n) is 11.3. The lowest BCUT2D eigenvalue weighted by Gasteiger charge is -2.40. The average Bonchev–Trinajstić information content (AvgIpc) is 2.89. The van der Waals surface area contributed by atoms with Gasteiger partial charge in [0.25, 0.3) is 0 Å². The van der Waals surface area contributed by atoms with Gasteiger partial charge in [0.1, 0.15) is 24.4 Å². The first kappa shape index (κ1) is 15.5. The number of rotatable bonds is 3. The molecular weight excluding hydrogens is 314 g/mol. The molecule has 7 nitrogen and oxygen atoms in total. The first-order valence-corrected chi connectivity index (χ1v) is 7.17. The van der Waals surface area contributed by atoms with Crippen LogP contribution in [0.4, 0.5) is 0 Å². The SMILES string of the molecule is O[C@H]1[C@@H](O)[C@@H]([C@@H](O)Cl)O[C@H](Oc2cc3ccccc3[nH]2)[C@@H]1O. The molecule has 0 unspecified atom stereocenters. The summed E-state index contributed by atoms with van der Waals surface area (Å²) >= 11 is 5.51. The Kier molecular flexibility index (Phi) is 4.26. The third-order valence-electron chi connectivity index (χ3n) is 3.63. The second-order valence-electron chi connectivity index (χ2n) is 5.15. The Balaban J connectivity index is 1.80. The molecule has 0 bridgehead atoms. The minimum absolute atomic E-state index is 0.316. The van der Waals surface area contributed by atoms with Gasteiger partial charge >= 0.3 is 0 Å². The number of fused-ring (bicyclic) bond motifs is 1. The zero-order valence-corrected chi connectivity index (χ0v) is 12.1. The molecule has 8 heteroatoms. The Morgan fingerprint density at radius 2 is 1.86 bits per heavy atom. The van der Waals surface area contributed by atoms with E-state index in [1.807, 2.05) is 24.3 Å². The van der Waals surface area contributed by atoms with Crippen LogP contribution in [0, 0.1) is 0 Å². The summed E-state index contributed by atoms with van der Waals surface area (Å²) in [6.45, 7) is 0. The van der Waals surface area contributed by atoms with Crippen LogP contribution < -0.4 is 4.74 Å². The molecule has 2 aromatic rings. The van der Waals surface area contributed by atoms with Gasteiger partial charge in [-0.15, -0.1) is 0 Å². The largest absolute Gasteiger partial charge is 0.447 e. The summed E-state index contributed by atoms with van der Waals surface area (Å²) in [5.41, 5.74) is -0.719. The third-order valence-corrected chi connectivity index (χ3v) is 3.87. The van der Waals surface area contributed by atoms with Crippen LogP contribution in [0.1, 0.15) is 0 Å². The first-order chi connectivity index (χ1) is 10.5. The Morgan fingerprint density at radius 1 is 1.14 bits per heavy atom. The highest BCUT2D eigenvalue weighted by Crippen LogP contribution is 2.28. The fraction of sp³-hybridized carbons (Fsp3) is 0.429. The number of para-hydroxylation sites is 1. The summed E-state index contributed by atoms with van der Waals surface area (Å²) in [4.78, 5) is 2.98.